The van der Waals surface area contributed by atoms with Gasteiger partial charge in [0.2, 0.25) is 6.79 Å². The molecule has 1 fully saturated rings. The molecule has 2 heterocycles. The van der Waals surface area contributed by atoms with E-state index in [-0.39, 0.29) is 6.10 Å². The number of carbonyl (C=O) groups excluding carboxylic acids is 2. The summed E-state index contributed by atoms with van der Waals surface area (Å²) >= 11 is 0. The number of carbonyl (C=O) groups is 2. The number of nitrogens with zero attached hydrogens (tertiary/aromatic N) is 2. The molecule has 0 amide bonds. The summed E-state index contributed by atoms with van der Waals surface area (Å²) in [5, 5.41) is 0.998. The van der Waals surface area contributed by atoms with Crippen molar-refractivity contribution in [2.75, 3.05) is 40.6 Å². The Hall–Kier alpha value is -2.58. The Kier molecular flexibility index (Phi) is 6.31. The highest BCUT2D eigenvalue weighted by atomic mass is 16.8. The fourth-order valence-electron chi connectivity index (χ4n) is 2.92. The fraction of sp³-hybridized carbons (Fsp3) is 0.474. The molecule has 2 aromatic rings. The first-order valence-electron chi connectivity index (χ1n) is 8.86. The molecule has 8 heteroatoms. The molecule has 0 bridgehead atoms. The van der Waals surface area contributed by atoms with Gasteiger partial charge in [-0.25, -0.2) is 9.59 Å². The maximum Gasteiger partial charge on any atom is 0.511 e. The molecule has 1 unspecified atom stereocenters. The van der Waals surface area contributed by atoms with Crippen LogP contribution in [0.3, 0.4) is 0 Å². The minimum Gasteiger partial charge on any atom is -0.428 e. The van der Waals surface area contributed by atoms with Gasteiger partial charge in [-0.1, -0.05) is 18.2 Å². The van der Waals surface area contributed by atoms with Crippen molar-refractivity contribution in [3.05, 3.63) is 36.0 Å². The lowest BCUT2D eigenvalue weighted by atomic mass is 10.1. The predicted octanol–water partition coefficient (Wildman–Crippen LogP) is 2.63. The first kappa shape index (κ1) is 19.2. The van der Waals surface area contributed by atoms with Crippen LogP contribution in [-0.2, 0) is 25.4 Å². The van der Waals surface area contributed by atoms with Crippen molar-refractivity contribution < 1.29 is 28.5 Å². The summed E-state index contributed by atoms with van der Waals surface area (Å²) in [6.07, 6.45) is 1.42. The van der Waals surface area contributed by atoms with Gasteiger partial charge in [-0.3, -0.25) is 4.57 Å². The zero-order valence-corrected chi connectivity index (χ0v) is 15.6. The molecule has 1 aliphatic rings. The molecular formula is C19H24N2O6. The number of rotatable bonds is 6. The lowest BCUT2D eigenvalue weighted by Gasteiger charge is -2.10. The van der Waals surface area contributed by atoms with Crippen LogP contribution in [-0.4, -0.2) is 68.5 Å². The molecular weight excluding hydrogens is 352 g/mol. The van der Waals surface area contributed by atoms with Gasteiger partial charge in [0.1, 0.15) is 6.10 Å². The molecule has 0 saturated carbocycles. The third kappa shape index (κ3) is 4.99. The minimum absolute atomic E-state index is 0.305. The summed E-state index contributed by atoms with van der Waals surface area (Å²) in [4.78, 5) is 26.1. The Morgan fingerprint density at radius 1 is 1.26 bits per heavy atom. The third-order valence-electron chi connectivity index (χ3n) is 4.33. The Balaban J connectivity index is 1.59. The standard InChI is InChI=1S/C19H24N2O6/c1-20(2)9-7-14-11-21(17-6-4-3-5-16(14)17)18(22)25-13-26-19(23)27-15-8-10-24-12-15/h3-6,11,15H,7-10,12-13H2,1-2H3. The van der Waals surface area contributed by atoms with Gasteiger partial charge in [-0.2, -0.15) is 0 Å². The van der Waals surface area contributed by atoms with E-state index in [1.165, 1.54) is 4.57 Å². The van der Waals surface area contributed by atoms with Crippen LogP contribution in [0.2, 0.25) is 0 Å². The van der Waals surface area contributed by atoms with Gasteiger partial charge in [0.15, 0.2) is 0 Å². The average Bonchev–Trinajstić information content (AvgIpc) is 3.27. The maximum atomic E-state index is 12.4. The van der Waals surface area contributed by atoms with Crippen LogP contribution in [0, 0.1) is 0 Å². The molecule has 27 heavy (non-hydrogen) atoms. The number of hydrogen-bond acceptors (Lipinski definition) is 7. The monoisotopic (exact) mass is 376 g/mol. The van der Waals surface area contributed by atoms with Gasteiger partial charge in [0.05, 0.1) is 18.7 Å². The van der Waals surface area contributed by atoms with E-state index < -0.39 is 19.0 Å². The van der Waals surface area contributed by atoms with E-state index in [0.29, 0.717) is 19.6 Å². The van der Waals surface area contributed by atoms with Gasteiger partial charge < -0.3 is 23.8 Å². The molecule has 1 aromatic carbocycles. The molecule has 1 saturated heterocycles. The van der Waals surface area contributed by atoms with E-state index in [2.05, 4.69) is 4.90 Å². The average molecular weight is 376 g/mol. The summed E-state index contributed by atoms with van der Waals surface area (Å²) in [6, 6.07) is 7.62. The van der Waals surface area contributed by atoms with E-state index >= 15 is 0 Å². The number of hydrogen-bond donors (Lipinski definition) is 0. The molecule has 3 rings (SSSR count). The number of likely N-dealkylation sites (N-methyl/N-ethyl adjacent to an activating group) is 1. The largest absolute Gasteiger partial charge is 0.511 e. The maximum absolute atomic E-state index is 12.4. The summed E-state index contributed by atoms with van der Waals surface area (Å²) in [7, 11) is 4.00. The highest BCUT2D eigenvalue weighted by Crippen LogP contribution is 2.22. The van der Waals surface area contributed by atoms with Crippen molar-refractivity contribution >= 4 is 23.2 Å². The second kappa shape index (κ2) is 8.88. The van der Waals surface area contributed by atoms with Crippen molar-refractivity contribution in [1.82, 2.24) is 9.47 Å². The first-order valence-corrected chi connectivity index (χ1v) is 8.86. The number of ether oxygens (including phenoxy) is 4. The zero-order valence-electron chi connectivity index (χ0n) is 15.6. The van der Waals surface area contributed by atoms with E-state index in [0.717, 1.165) is 29.4 Å². The van der Waals surface area contributed by atoms with Crippen LogP contribution in [0.1, 0.15) is 12.0 Å². The quantitative estimate of drug-likeness (QED) is 0.566. The number of fused-ring (bicyclic) bond motifs is 1. The van der Waals surface area contributed by atoms with Crippen LogP contribution >= 0.6 is 0 Å². The fourth-order valence-corrected chi connectivity index (χ4v) is 2.92. The van der Waals surface area contributed by atoms with Crippen LogP contribution in [0.15, 0.2) is 30.5 Å². The third-order valence-corrected chi connectivity index (χ3v) is 4.33. The molecule has 0 radical (unpaired) electrons. The molecule has 0 N–H and O–H groups in total. The lowest BCUT2D eigenvalue weighted by Crippen LogP contribution is -2.21. The molecule has 1 aliphatic heterocycles. The number of benzene rings is 1. The van der Waals surface area contributed by atoms with Gasteiger partial charge in [0.25, 0.3) is 0 Å². The smallest absolute Gasteiger partial charge is 0.428 e. The van der Waals surface area contributed by atoms with Crippen molar-refractivity contribution in [1.29, 1.82) is 0 Å². The zero-order chi connectivity index (χ0) is 19.2. The summed E-state index contributed by atoms with van der Waals surface area (Å²) < 4.78 is 21.5. The Morgan fingerprint density at radius 3 is 2.81 bits per heavy atom. The summed E-state index contributed by atoms with van der Waals surface area (Å²) in [5.41, 5.74) is 1.81. The van der Waals surface area contributed by atoms with Crippen molar-refractivity contribution in [3.63, 3.8) is 0 Å². The van der Waals surface area contributed by atoms with Gasteiger partial charge in [-0.15, -0.1) is 0 Å². The number of para-hydroxylation sites is 1. The van der Waals surface area contributed by atoms with Crippen LogP contribution in [0.4, 0.5) is 9.59 Å². The normalized spacial score (nSPS) is 16.6. The van der Waals surface area contributed by atoms with Crippen molar-refractivity contribution in [2.45, 2.75) is 18.9 Å². The van der Waals surface area contributed by atoms with E-state index in [1.54, 1.807) is 6.20 Å². The van der Waals surface area contributed by atoms with Gasteiger partial charge >= 0.3 is 12.2 Å². The van der Waals surface area contributed by atoms with Gasteiger partial charge in [-0.05, 0) is 32.1 Å². The van der Waals surface area contributed by atoms with Crippen LogP contribution in [0.25, 0.3) is 10.9 Å². The highest BCUT2D eigenvalue weighted by Gasteiger charge is 2.21. The molecule has 1 aromatic heterocycles. The minimum atomic E-state index is -0.873. The van der Waals surface area contributed by atoms with E-state index in [1.807, 2.05) is 38.4 Å². The topological polar surface area (TPSA) is 79.2 Å². The van der Waals surface area contributed by atoms with Crippen LogP contribution < -0.4 is 0 Å². The van der Waals surface area contributed by atoms with E-state index in [9.17, 15) is 9.59 Å². The predicted molar refractivity (Wildman–Crippen MR) is 97.7 cm³/mol. The first-order chi connectivity index (χ1) is 13.0. The highest BCUT2D eigenvalue weighted by molar-refractivity contribution is 5.92. The molecule has 1 atom stereocenters. The molecule has 146 valence electrons. The summed E-state index contributed by atoms with van der Waals surface area (Å²) in [6.45, 7) is 1.28. The molecule has 8 nitrogen and oxygen atoms in total. The second-order valence-electron chi connectivity index (χ2n) is 6.62. The van der Waals surface area contributed by atoms with Crippen molar-refractivity contribution in [2.24, 2.45) is 0 Å². The Bertz CT molecular complexity index is 795. The molecule has 0 aliphatic carbocycles. The van der Waals surface area contributed by atoms with Crippen molar-refractivity contribution in [3.8, 4) is 0 Å². The lowest BCUT2D eigenvalue weighted by molar-refractivity contribution is -0.0303. The Labute approximate surface area is 157 Å². The van der Waals surface area contributed by atoms with E-state index in [4.69, 9.17) is 18.9 Å². The Morgan fingerprint density at radius 2 is 2.07 bits per heavy atom. The second-order valence-corrected chi connectivity index (χ2v) is 6.62. The number of aromatic nitrogens is 1. The van der Waals surface area contributed by atoms with Gasteiger partial charge in [0, 0.05) is 24.5 Å². The SMILES string of the molecule is CN(C)CCc1cn(C(=O)OCOC(=O)OC2CCOC2)c2ccccc12. The molecule has 0 spiro atoms. The van der Waals surface area contributed by atoms with Crippen LogP contribution in [0.5, 0.6) is 0 Å². The summed E-state index contributed by atoms with van der Waals surface area (Å²) in [5.74, 6) is 0.